The molecular formula is C45H28S. The molecule has 0 nitrogen and oxygen atoms in total. The average molecular weight is 601 g/mol. The third-order valence-electron chi connectivity index (χ3n) is 10.1. The number of benzene rings is 8. The Hall–Kier alpha value is -5.37. The molecule has 1 unspecified atom stereocenters. The Kier molecular flexibility index (Phi) is 5.53. The number of hydrogen-bond acceptors (Lipinski definition) is 1. The highest BCUT2D eigenvalue weighted by Gasteiger charge is 2.48. The summed E-state index contributed by atoms with van der Waals surface area (Å²) in [6.07, 6.45) is 0. The molecule has 0 aromatic heterocycles. The summed E-state index contributed by atoms with van der Waals surface area (Å²) in [5.41, 5.74) is 12.6. The van der Waals surface area contributed by atoms with E-state index in [0.717, 1.165) is 0 Å². The van der Waals surface area contributed by atoms with E-state index in [0.29, 0.717) is 0 Å². The van der Waals surface area contributed by atoms with Gasteiger partial charge in [0, 0.05) is 15.2 Å². The van der Waals surface area contributed by atoms with Crippen LogP contribution in [0.25, 0.3) is 54.9 Å². The molecule has 0 radical (unpaired) electrons. The fourth-order valence-corrected chi connectivity index (χ4v) is 9.62. The van der Waals surface area contributed by atoms with Crippen LogP contribution in [0.2, 0.25) is 0 Å². The van der Waals surface area contributed by atoms with Crippen molar-refractivity contribution in [3.8, 4) is 33.4 Å². The molecule has 1 aliphatic heterocycles. The minimum atomic E-state index is -0.509. The summed E-state index contributed by atoms with van der Waals surface area (Å²) in [7, 11) is 0. The first-order valence-corrected chi connectivity index (χ1v) is 16.8. The first kappa shape index (κ1) is 25.9. The highest BCUT2D eigenvalue weighted by Crippen LogP contribution is 2.60. The molecule has 0 saturated heterocycles. The van der Waals surface area contributed by atoms with Crippen LogP contribution in [0.3, 0.4) is 0 Å². The van der Waals surface area contributed by atoms with Gasteiger partial charge in [0.2, 0.25) is 0 Å². The SMILES string of the molecule is c1ccc(C2(c3ccccc3-c3cccc4c3Sc3cccc5cccc-4c35)c3ccccc3-c3ccc4ccccc4c32)cc1. The largest absolute Gasteiger partial charge is 0.0881 e. The lowest BCUT2D eigenvalue weighted by Crippen LogP contribution is -2.29. The minimum Gasteiger partial charge on any atom is -0.0881 e. The maximum atomic E-state index is 2.39. The van der Waals surface area contributed by atoms with Gasteiger partial charge in [0.15, 0.2) is 0 Å². The molecule has 0 amide bonds. The molecule has 0 N–H and O–H groups in total. The van der Waals surface area contributed by atoms with Gasteiger partial charge in [-0.25, -0.2) is 0 Å². The molecule has 10 rings (SSSR count). The predicted molar refractivity (Wildman–Crippen MR) is 194 cm³/mol. The van der Waals surface area contributed by atoms with E-state index >= 15 is 0 Å². The van der Waals surface area contributed by atoms with E-state index in [9.17, 15) is 0 Å². The number of hydrogen-bond donors (Lipinski definition) is 0. The highest BCUT2D eigenvalue weighted by atomic mass is 32.2. The van der Waals surface area contributed by atoms with Gasteiger partial charge in [-0.1, -0.05) is 176 Å². The molecule has 0 spiro atoms. The Morgan fingerprint density at radius 1 is 0.370 bits per heavy atom. The van der Waals surface area contributed by atoms with Crippen molar-refractivity contribution in [2.24, 2.45) is 0 Å². The molecule has 1 aliphatic carbocycles. The summed E-state index contributed by atoms with van der Waals surface area (Å²) >= 11 is 1.92. The van der Waals surface area contributed by atoms with E-state index in [2.05, 4.69) is 170 Å². The van der Waals surface area contributed by atoms with Crippen LogP contribution < -0.4 is 0 Å². The van der Waals surface area contributed by atoms with Crippen LogP contribution in [0.4, 0.5) is 0 Å². The van der Waals surface area contributed by atoms with Gasteiger partial charge in [0.05, 0.1) is 5.41 Å². The summed E-state index contributed by atoms with van der Waals surface area (Å²) < 4.78 is 0. The van der Waals surface area contributed by atoms with Crippen LogP contribution in [-0.4, -0.2) is 0 Å². The number of fused-ring (bicyclic) bond motifs is 7. The predicted octanol–water partition coefficient (Wildman–Crippen LogP) is 12.2. The molecule has 8 aromatic rings. The lowest BCUT2D eigenvalue weighted by Gasteiger charge is -2.36. The fourth-order valence-electron chi connectivity index (χ4n) is 8.35. The summed E-state index contributed by atoms with van der Waals surface area (Å²) in [4.78, 5) is 2.65. The first-order valence-electron chi connectivity index (χ1n) is 15.9. The molecule has 1 atom stereocenters. The average Bonchev–Trinajstić information content (AvgIpc) is 3.44. The van der Waals surface area contributed by atoms with Gasteiger partial charge in [-0.05, 0) is 77.9 Å². The molecule has 2 aliphatic rings. The monoisotopic (exact) mass is 600 g/mol. The van der Waals surface area contributed by atoms with Crippen LogP contribution in [0.5, 0.6) is 0 Å². The van der Waals surface area contributed by atoms with Crippen molar-refractivity contribution in [3.63, 3.8) is 0 Å². The fraction of sp³-hybridized carbons (Fsp3) is 0.0222. The van der Waals surface area contributed by atoms with Gasteiger partial charge in [0.25, 0.3) is 0 Å². The molecule has 1 heteroatoms. The minimum absolute atomic E-state index is 0.509. The molecule has 0 bridgehead atoms. The van der Waals surface area contributed by atoms with Crippen LogP contribution in [0.1, 0.15) is 22.3 Å². The van der Waals surface area contributed by atoms with Gasteiger partial charge < -0.3 is 0 Å². The van der Waals surface area contributed by atoms with Crippen molar-refractivity contribution >= 4 is 33.3 Å². The van der Waals surface area contributed by atoms with E-state index in [4.69, 9.17) is 0 Å². The smallest absolute Gasteiger partial charge is 0.0725 e. The lowest BCUT2D eigenvalue weighted by atomic mass is 9.65. The van der Waals surface area contributed by atoms with E-state index in [1.807, 2.05) is 11.8 Å². The van der Waals surface area contributed by atoms with Crippen LogP contribution >= 0.6 is 11.8 Å². The summed E-state index contributed by atoms with van der Waals surface area (Å²) in [6.45, 7) is 0. The van der Waals surface area contributed by atoms with Crippen molar-refractivity contribution in [1.82, 2.24) is 0 Å². The summed E-state index contributed by atoms with van der Waals surface area (Å²) in [5, 5.41) is 5.23. The third kappa shape index (κ3) is 3.41. The molecule has 214 valence electrons. The maximum Gasteiger partial charge on any atom is 0.0725 e. The van der Waals surface area contributed by atoms with Crippen LogP contribution in [0.15, 0.2) is 180 Å². The molecular weight excluding hydrogens is 573 g/mol. The molecule has 0 saturated carbocycles. The van der Waals surface area contributed by atoms with Crippen LogP contribution in [-0.2, 0) is 5.41 Å². The Bertz CT molecular complexity index is 2500. The van der Waals surface area contributed by atoms with Gasteiger partial charge in [-0.2, -0.15) is 0 Å². The lowest BCUT2D eigenvalue weighted by molar-refractivity contribution is 0.777. The summed E-state index contributed by atoms with van der Waals surface area (Å²) in [5.74, 6) is 0. The molecule has 46 heavy (non-hydrogen) atoms. The van der Waals surface area contributed by atoms with Gasteiger partial charge >= 0.3 is 0 Å². The Labute approximate surface area is 273 Å². The van der Waals surface area contributed by atoms with E-state index in [1.165, 1.54) is 87.0 Å². The quantitative estimate of drug-likeness (QED) is 0.194. The second-order valence-electron chi connectivity index (χ2n) is 12.4. The standard InChI is InChI=1S/C45H28S/c1-2-16-31(17-3-1)45(39-24-8-6-19-33(39)36-28-27-29-13-4-5-18-32(29)43(36)45)40-25-9-7-20-34(40)37-22-12-23-38-35-21-10-14-30-15-11-26-41(42(30)35)46-44(37)38/h1-28H. The third-order valence-corrected chi connectivity index (χ3v) is 11.3. The highest BCUT2D eigenvalue weighted by molar-refractivity contribution is 8.00. The van der Waals surface area contributed by atoms with Crippen molar-refractivity contribution < 1.29 is 0 Å². The van der Waals surface area contributed by atoms with Crippen molar-refractivity contribution in [1.29, 1.82) is 0 Å². The van der Waals surface area contributed by atoms with Gasteiger partial charge in [0.1, 0.15) is 0 Å². The molecule has 8 aromatic carbocycles. The van der Waals surface area contributed by atoms with Gasteiger partial charge in [-0.3, -0.25) is 0 Å². The van der Waals surface area contributed by atoms with Crippen molar-refractivity contribution in [2.45, 2.75) is 15.2 Å². The van der Waals surface area contributed by atoms with Crippen molar-refractivity contribution in [3.05, 3.63) is 192 Å². The van der Waals surface area contributed by atoms with E-state index in [-0.39, 0.29) is 0 Å². The Morgan fingerprint density at radius 2 is 0.935 bits per heavy atom. The maximum absolute atomic E-state index is 2.39. The zero-order chi connectivity index (χ0) is 30.2. The topological polar surface area (TPSA) is 0 Å². The Balaban J connectivity index is 1.34. The summed E-state index contributed by atoms with van der Waals surface area (Å²) in [6, 6.07) is 63.3. The zero-order valence-corrected chi connectivity index (χ0v) is 25.9. The molecule has 1 heterocycles. The van der Waals surface area contributed by atoms with Crippen molar-refractivity contribution in [2.75, 3.05) is 0 Å². The second kappa shape index (κ2) is 9.81. The zero-order valence-electron chi connectivity index (χ0n) is 25.1. The normalized spacial score (nSPS) is 15.8. The molecule has 0 fully saturated rings. The van der Waals surface area contributed by atoms with Crippen LogP contribution in [0, 0.1) is 0 Å². The first-order chi connectivity index (χ1) is 22.8. The Morgan fingerprint density at radius 3 is 1.74 bits per heavy atom. The number of rotatable bonds is 3. The van der Waals surface area contributed by atoms with E-state index < -0.39 is 5.41 Å². The second-order valence-corrected chi connectivity index (χ2v) is 13.4. The van der Waals surface area contributed by atoms with Gasteiger partial charge in [-0.15, -0.1) is 0 Å². The van der Waals surface area contributed by atoms with E-state index in [1.54, 1.807) is 0 Å².